The van der Waals surface area contributed by atoms with E-state index in [0.717, 1.165) is 35.2 Å². The van der Waals surface area contributed by atoms with Crippen molar-refractivity contribution in [2.24, 2.45) is 0 Å². The molecule has 1 heterocycles. The summed E-state index contributed by atoms with van der Waals surface area (Å²) in [5, 5.41) is 0. The summed E-state index contributed by atoms with van der Waals surface area (Å²) in [5.74, 6) is 0.796. The Labute approximate surface area is 134 Å². The molecular weight excluding hydrogens is 334 g/mol. The third-order valence-corrected chi connectivity index (χ3v) is 3.93. The molecule has 0 spiro atoms. The highest BCUT2D eigenvalue weighted by atomic mass is 79.9. The van der Waals surface area contributed by atoms with Gasteiger partial charge in [0.2, 0.25) is 0 Å². The highest BCUT2D eigenvalue weighted by Crippen LogP contribution is 2.38. The van der Waals surface area contributed by atoms with Crippen molar-refractivity contribution >= 4 is 22.0 Å². The third kappa shape index (κ3) is 3.90. The summed E-state index contributed by atoms with van der Waals surface area (Å²) in [6.45, 7) is 6.38. The van der Waals surface area contributed by atoms with Crippen LogP contribution in [0.1, 0.15) is 45.2 Å². The number of carbonyl (C=O) groups is 1. The Morgan fingerprint density at radius 3 is 2.71 bits per heavy atom. The molecule has 0 aliphatic carbocycles. The average Bonchev–Trinajstić information content (AvgIpc) is 2.85. The maximum absolute atomic E-state index is 12.4. The number of hydrogen-bond acceptors (Lipinski definition) is 3. The first kappa shape index (κ1) is 16.1. The molecule has 2 rings (SSSR count). The number of nitrogens with zero attached hydrogens (tertiary/aromatic N) is 1. The Bertz CT molecular complexity index is 525. The highest BCUT2D eigenvalue weighted by molar-refractivity contribution is 9.10. The van der Waals surface area contributed by atoms with Gasteiger partial charge in [-0.3, -0.25) is 0 Å². The molecule has 1 aliphatic heterocycles. The molecular formula is C16H22BrNO3. The summed E-state index contributed by atoms with van der Waals surface area (Å²) in [7, 11) is 1.65. The number of ether oxygens (including phenoxy) is 2. The number of likely N-dealkylation sites (tertiary alicyclic amines) is 1. The number of rotatable bonds is 2. The Kier molecular flexibility index (Phi) is 4.81. The fraction of sp³-hybridized carbons (Fsp3) is 0.562. The first-order valence-electron chi connectivity index (χ1n) is 7.15. The van der Waals surface area contributed by atoms with Gasteiger partial charge in [-0.2, -0.15) is 0 Å². The maximum atomic E-state index is 12.4. The van der Waals surface area contributed by atoms with Crippen LogP contribution in [0.3, 0.4) is 0 Å². The van der Waals surface area contributed by atoms with Gasteiger partial charge < -0.3 is 14.4 Å². The monoisotopic (exact) mass is 355 g/mol. The van der Waals surface area contributed by atoms with Crippen molar-refractivity contribution < 1.29 is 14.3 Å². The Morgan fingerprint density at radius 2 is 2.10 bits per heavy atom. The number of carbonyl (C=O) groups excluding carboxylic acids is 1. The molecule has 0 unspecified atom stereocenters. The van der Waals surface area contributed by atoms with Crippen LogP contribution >= 0.6 is 15.9 Å². The molecule has 0 aromatic heterocycles. The highest BCUT2D eigenvalue weighted by Gasteiger charge is 2.34. The van der Waals surface area contributed by atoms with E-state index in [0.29, 0.717) is 0 Å². The van der Waals surface area contributed by atoms with Crippen molar-refractivity contribution in [2.45, 2.75) is 45.3 Å². The molecule has 0 N–H and O–H groups in total. The molecule has 0 radical (unpaired) electrons. The molecule has 1 atom stereocenters. The fourth-order valence-electron chi connectivity index (χ4n) is 2.59. The number of hydrogen-bond donors (Lipinski definition) is 0. The van der Waals surface area contributed by atoms with Crippen molar-refractivity contribution in [2.75, 3.05) is 13.7 Å². The van der Waals surface area contributed by atoms with Gasteiger partial charge in [0.05, 0.1) is 13.2 Å². The first-order valence-corrected chi connectivity index (χ1v) is 7.94. The average molecular weight is 356 g/mol. The minimum atomic E-state index is -0.478. The van der Waals surface area contributed by atoms with Crippen molar-refractivity contribution in [1.82, 2.24) is 4.90 Å². The van der Waals surface area contributed by atoms with Crippen LogP contribution < -0.4 is 4.74 Å². The second-order valence-electron chi connectivity index (χ2n) is 6.22. The van der Waals surface area contributed by atoms with Gasteiger partial charge in [0.15, 0.2) is 0 Å². The predicted molar refractivity (Wildman–Crippen MR) is 85.6 cm³/mol. The zero-order chi connectivity index (χ0) is 15.6. The molecule has 1 aromatic rings. The molecule has 1 aliphatic rings. The van der Waals surface area contributed by atoms with E-state index in [1.54, 1.807) is 12.0 Å². The maximum Gasteiger partial charge on any atom is 0.410 e. The van der Waals surface area contributed by atoms with Crippen molar-refractivity contribution in [3.05, 3.63) is 28.2 Å². The van der Waals surface area contributed by atoms with Crippen LogP contribution in [0.5, 0.6) is 5.75 Å². The lowest BCUT2D eigenvalue weighted by molar-refractivity contribution is 0.0223. The zero-order valence-corrected chi connectivity index (χ0v) is 14.6. The van der Waals surface area contributed by atoms with Gasteiger partial charge in [0, 0.05) is 16.6 Å². The smallest absolute Gasteiger partial charge is 0.410 e. The van der Waals surface area contributed by atoms with Crippen LogP contribution in [-0.4, -0.2) is 30.2 Å². The van der Waals surface area contributed by atoms with Gasteiger partial charge in [-0.25, -0.2) is 4.79 Å². The van der Waals surface area contributed by atoms with E-state index >= 15 is 0 Å². The van der Waals surface area contributed by atoms with Gasteiger partial charge in [0.25, 0.3) is 0 Å². The summed E-state index contributed by atoms with van der Waals surface area (Å²) in [5.41, 5.74) is 0.553. The lowest BCUT2D eigenvalue weighted by Gasteiger charge is -2.29. The van der Waals surface area contributed by atoms with E-state index in [1.165, 1.54) is 0 Å². The second kappa shape index (κ2) is 6.26. The normalized spacial score (nSPS) is 18.7. The van der Waals surface area contributed by atoms with Gasteiger partial charge in [-0.15, -0.1) is 0 Å². The molecule has 1 amide bonds. The van der Waals surface area contributed by atoms with Gasteiger partial charge >= 0.3 is 6.09 Å². The van der Waals surface area contributed by atoms with E-state index in [2.05, 4.69) is 15.9 Å². The largest absolute Gasteiger partial charge is 0.496 e. The van der Waals surface area contributed by atoms with E-state index in [-0.39, 0.29) is 12.1 Å². The molecule has 1 fully saturated rings. The second-order valence-corrected chi connectivity index (χ2v) is 7.13. The van der Waals surface area contributed by atoms with Gasteiger partial charge in [-0.1, -0.05) is 22.0 Å². The predicted octanol–water partition coefficient (Wildman–Crippen LogP) is 4.53. The van der Waals surface area contributed by atoms with E-state index < -0.39 is 5.60 Å². The third-order valence-electron chi connectivity index (χ3n) is 3.44. The molecule has 0 saturated carbocycles. The molecule has 4 nitrogen and oxygen atoms in total. The van der Waals surface area contributed by atoms with Crippen molar-refractivity contribution in [3.63, 3.8) is 0 Å². The van der Waals surface area contributed by atoms with E-state index in [9.17, 15) is 4.79 Å². The fourth-order valence-corrected chi connectivity index (χ4v) is 2.93. The SMILES string of the molecule is COc1cc(Br)ccc1[C@@H]1CCCN1C(=O)OC(C)(C)C. The number of amides is 1. The minimum Gasteiger partial charge on any atom is -0.496 e. The molecule has 116 valence electrons. The molecule has 1 saturated heterocycles. The Hall–Kier alpha value is -1.23. The standard InChI is InChI=1S/C16H22BrNO3/c1-16(2,3)21-15(19)18-9-5-6-13(18)12-8-7-11(17)10-14(12)20-4/h7-8,10,13H,5-6,9H2,1-4H3/t13-/m0/s1. The Balaban J connectivity index is 2.24. The van der Waals surface area contributed by atoms with Crippen LogP contribution in [0.25, 0.3) is 0 Å². The van der Waals surface area contributed by atoms with E-state index in [4.69, 9.17) is 9.47 Å². The van der Waals surface area contributed by atoms with Crippen LogP contribution in [0.2, 0.25) is 0 Å². The van der Waals surface area contributed by atoms with Crippen LogP contribution in [0.15, 0.2) is 22.7 Å². The van der Waals surface area contributed by atoms with Crippen LogP contribution in [0, 0.1) is 0 Å². The van der Waals surface area contributed by atoms with Gasteiger partial charge in [0.1, 0.15) is 11.4 Å². The van der Waals surface area contributed by atoms with E-state index in [1.807, 2.05) is 39.0 Å². The van der Waals surface area contributed by atoms with Crippen LogP contribution in [-0.2, 0) is 4.74 Å². The van der Waals surface area contributed by atoms with Crippen molar-refractivity contribution in [1.29, 1.82) is 0 Å². The summed E-state index contributed by atoms with van der Waals surface area (Å²) in [6, 6.07) is 5.93. The van der Waals surface area contributed by atoms with Crippen LogP contribution in [0.4, 0.5) is 4.79 Å². The molecule has 0 bridgehead atoms. The zero-order valence-electron chi connectivity index (χ0n) is 13.0. The minimum absolute atomic E-state index is 0.0166. The summed E-state index contributed by atoms with van der Waals surface area (Å²) < 4.78 is 11.9. The molecule has 5 heteroatoms. The molecule has 21 heavy (non-hydrogen) atoms. The Morgan fingerprint density at radius 1 is 1.38 bits per heavy atom. The number of benzene rings is 1. The topological polar surface area (TPSA) is 38.8 Å². The number of methoxy groups -OCH3 is 1. The van der Waals surface area contributed by atoms with Gasteiger partial charge in [-0.05, 0) is 45.7 Å². The first-order chi connectivity index (χ1) is 9.81. The lowest BCUT2D eigenvalue weighted by atomic mass is 10.0. The number of halogens is 1. The lowest BCUT2D eigenvalue weighted by Crippen LogP contribution is -2.36. The quantitative estimate of drug-likeness (QED) is 0.782. The molecule has 1 aromatic carbocycles. The summed E-state index contributed by atoms with van der Waals surface area (Å²) in [6.07, 6.45) is 1.65. The summed E-state index contributed by atoms with van der Waals surface area (Å²) in [4.78, 5) is 14.2. The summed E-state index contributed by atoms with van der Waals surface area (Å²) >= 11 is 3.44. The van der Waals surface area contributed by atoms with Crippen molar-refractivity contribution in [3.8, 4) is 5.75 Å².